The Hall–Kier alpha value is -0.940. The Morgan fingerprint density at radius 1 is 1.50 bits per heavy atom. The lowest BCUT2D eigenvalue weighted by atomic mass is 9.90. The van der Waals surface area contributed by atoms with E-state index in [0.717, 1.165) is 45.3 Å². The summed E-state index contributed by atoms with van der Waals surface area (Å²) in [5, 5.41) is 6.84. The molecule has 0 aromatic carbocycles. The number of nitrogens with one attached hydrogen (secondary N) is 1. The maximum Gasteiger partial charge on any atom is 0.225 e. The number of amides is 1. The van der Waals surface area contributed by atoms with Crippen LogP contribution in [0.25, 0.3) is 0 Å². The first kappa shape index (κ1) is 15.9. The van der Waals surface area contributed by atoms with Crippen molar-refractivity contribution in [3.05, 3.63) is 16.1 Å². The summed E-state index contributed by atoms with van der Waals surface area (Å²) in [5.74, 6) is 1.05. The third-order valence-electron chi connectivity index (χ3n) is 4.99. The summed E-state index contributed by atoms with van der Waals surface area (Å²) in [5.41, 5.74) is 1.19. The third-order valence-corrected chi connectivity index (χ3v) is 6.04. The molecule has 1 aromatic rings. The molecule has 3 rings (SSSR count). The van der Waals surface area contributed by atoms with Crippen molar-refractivity contribution in [2.24, 2.45) is 5.92 Å². The molecule has 2 saturated heterocycles. The number of likely N-dealkylation sites (tertiary alicyclic amines) is 1. The van der Waals surface area contributed by atoms with Crippen molar-refractivity contribution >= 4 is 17.2 Å². The van der Waals surface area contributed by atoms with Crippen molar-refractivity contribution in [1.82, 2.24) is 15.2 Å². The van der Waals surface area contributed by atoms with Crippen LogP contribution >= 0.6 is 11.3 Å². The van der Waals surface area contributed by atoms with Gasteiger partial charge in [0, 0.05) is 36.3 Å². The molecule has 22 heavy (non-hydrogen) atoms. The number of aromatic nitrogens is 1. The second-order valence-electron chi connectivity index (χ2n) is 6.73. The average molecular weight is 321 g/mol. The number of rotatable bonds is 3. The van der Waals surface area contributed by atoms with E-state index in [2.05, 4.69) is 29.4 Å². The monoisotopic (exact) mass is 321 g/mol. The van der Waals surface area contributed by atoms with Crippen molar-refractivity contribution in [2.45, 2.75) is 57.9 Å². The molecule has 0 bridgehead atoms. The van der Waals surface area contributed by atoms with E-state index in [1.807, 2.05) is 0 Å². The van der Waals surface area contributed by atoms with Gasteiger partial charge in [-0.05, 0) is 45.6 Å². The molecule has 3 atom stereocenters. The molecule has 0 spiro atoms. The molecule has 0 radical (unpaired) electrons. The summed E-state index contributed by atoms with van der Waals surface area (Å²) in [4.78, 5) is 19.7. The van der Waals surface area contributed by atoms with Gasteiger partial charge in [-0.2, -0.15) is 0 Å². The van der Waals surface area contributed by atoms with Gasteiger partial charge in [-0.1, -0.05) is 6.92 Å². The van der Waals surface area contributed by atoms with E-state index >= 15 is 0 Å². The highest BCUT2D eigenvalue weighted by Crippen LogP contribution is 2.31. The van der Waals surface area contributed by atoms with Crippen LogP contribution in [0.1, 0.15) is 56.2 Å². The van der Waals surface area contributed by atoms with Gasteiger partial charge in [-0.15, -0.1) is 11.3 Å². The summed E-state index contributed by atoms with van der Waals surface area (Å²) >= 11 is 1.77. The highest BCUT2D eigenvalue weighted by atomic mass is 32.1. The van der Waals surface area contributed by atoms with Gasteiger partial charge in [0.15, 0.2) is 0 Å². The number of carbonyl (C=O) groups excluding carboxylic acids is 1. The van der Waals surface area contributed by atoms with Crippen LogP contribution in [0.2, 0.25) is 0 Å². The van der Waals surface area contributed by atoms with Gasteiger partial charge in [0.05, 0.1) is 10.7 Å². The maximum atomic E-state index is 12.8. The van der Waals surface area contributed by atoms with Crippen LogP contribution in [0.3, 0.4) is 0 Å². The van der Waals surface area contributed by atoms with E-state index in [0.29, 0.717) is 17.9 Å². The summed E-state index contributed by atoms with van der Waals surface area (Å²) in [6, 6.07) is 0.467. The molecule has 1 N–H and O–H groups in total. The third kappa shape index (κ3) is 3.51. The van der Waals surface area contributed by atoms with Crippen molar-refractivity contribution in [3.8, 4) is 0 Å². The first-order valence-electron chi connectivity index (χ1n) is 8.63. The molecule has 0 aliphatic carbocycles. The lowest BCUT2D eigenvalue weighted by molar-refractivity contribution is -0.138. The molecule has 1 unspecified atom stereocenters. The zero-order valence-corrected chi connectivity index (χ0v) is 14.5. The van der Waals surface area contributed by atoms with Gasteiger partial charge in [-0.3, -0.25) is 4.79 Å². The van der Waals surface area contributed by atoms with E-state index in [1.54, 1.807) is 11.3 Å². The standard InChI is InChI=1S/C17H27N3OS/c1-3-15-11-22-16(19-15)14-5-4-8-20(10-14)17(21)13-6-7-18-12(2)9-13/h11-14,18H,3-10H2,1-2H3/t12-,13-,14?/m0/s1. The summed E-state index contributed by atoms with van der Waals surface area (Å²) in [7, 11) is 0. The molecule has 3 heterocycles. The maximum absolute atomic E-state index is 12.8. The lowest BCUT2D eigenvalue weighted by Crippen LogP contribution is -2.47. The topological polar surface area (TPSA) is 45.2 Å². The zero-order valence-electron chi connectivity index (χ0n) is 13.7. The van der Waals surface area contributed by atoms with Crippen molar-refractivity contribution in [1.29, 1.82) is 0 Å². The average Bonchev–Trinajstić information content (AvgIpc) is 3.03. The molecular formula is C17H27N3OS. The minimum absolute atomic E-state index is 0.220. The van der Waals surface area contributed by atoms with Gasteiger partial charge < -0.3 is 10.2 Å². The molecule has 5 heteroatoms. The fraction of sp³-hybridized carbons (Fsp3) is 0.765. The molecule has 122 valence electrons. The summed E-state index contributed by atoms with van der Waals surface area (Å²) in [6.07, 6.45) is 5.25. The molecule has 1 aromatic heterocycles. The summed E-state index contributed by atoms with van der Waals surface area (Å²) < 4.78 is 0. The molecular weight excluding hydrogens is 294 g/mol. The highest BCUT2D eigenvalue weighted by Gasteiger charge is 2.32. The van der Waals surface area contributed by atoms with Crippen LogP contribution in [0.5, 0.6) is 0 Å². The largest absolute Gasteiger partial charge is 0.342 e. The Kier molecular flexibility index (Phi) is 5.14. The fourth-order valence-corrected chi connectivity index (χ4v) is 4.70. The Morgan fingerprint density at radius 2 is 2.36 bits per heavy atom. The van der Waals surface area contributed by atoms with Crippen LogP contribution < -0.4 is 5.32 Å². The van der Waals surface area contributed by atoms with Crippen LogP contribution in [0, 0.1) is 5.92 Å². The number of carbonyl (C=O) groups is 1. The van der Waals surface area contributed by atoms with Crippen molar-refractivity contribution in [2.75, 3.05) is 19.6 Å². The van der Waals surface area contributed by atoms with Gasteiger partial charge >= 0.3 is 0 Å². The Balaban J connectivity index is 1.63. The number of thiazole rings is 1. The quantitative estimate of drug-likeness (QED) is 0.931. The van der Waals surface area contributed by atoms with Crippen molar-refractivity contribution < 1.29 is 4.79 Å². The van der Waals surface area contributed by atoms with Crippen LogP contribution in [-0.4, -0.2) is 41.5 Å². The van der Waals surface area contributed by atoms with Gasteiger partial charge in [0.2, 0.25) is 5.91 Å². The predicted molar refractivity (Wildman–Crippen MR) is 90.2 cm³/mol. The first-order chi connectivity index (χ1) is 10.7. The van der Waals surface area contributed by atoms with E-state index < -0.39 is 0 Å². The Bertz CT molecular complexity index is 516. The van der Waals surface area contributed by atoms with Crippen LogP contribution in [-0.2, 0) is 11.2 Å². The van der Waals surface area contributed by atoms with E-state index in [4.69, 9.17) is 4.98 Å². The minimum atomic E-state index is 0.220. The zero-order chi connectivity index (χ0) is 15.5. The Labute approximate surface area is 137 Å². The lowest BCUT2D eigenvalue weighted by Gasteiger charge is -2.36. The smallest absolute Gasteiger partial charge is 0.225 e. The van der Waals surface area contributed by atoms with Crippen molar-refractivity contribution in [3.63, 3.8) is 0 Å². The number of nitrogens with zero attached hydrogens (tertiary/aromatic N) is 2. The Morgan fingerprint density at radius 3 is 3.09 bits per heavy atom. The molecule has 4 nitrogen and oxygen atoms in total. The number of aryl methyl sites for hydroxylation is 1. The SMILES string of the molecule is CCc1csc(C2CCCN(C(=O)[C@H]3CCN[C@@H](C)C3)C2)n1. The molecule has 2 aliphatic rings. The van der Waals surface area contributed by atoms with Crippen LogP contribution in [0.15, 0.2) is 5.38 Å². The van der Waals surface area contributed by atoms with Crippen LogP contribution in [0.4, 0.5) is 0 Å². The summed E-state index contributed by atoms with van der Waals surface area (Å²) in [6.45, 7) is 7.10. The highest BCUT2D eigenvalue weighted by molar-refractivity contribution is 7.09. The second kappa shape index (κ2) is 7.09. The first-order valence-corrected chi connectivity index (χ1v) is 9.51. The fourth-order valence-electron chi connectivity index (χ4n) is 3.67. The molecule has 2 aliphatic heterocycles. The molecule has 1 amide bonds. The minimum Gasteiger partial charge on any atom is -0.342 e. The molecule has 0 saturated carbocycles. The second-order valence-corrected chi connectivity index (χ2v) is 7.62. The van der Waals surface area contributed by atoms with E-state index in [1.165, 1.54) is 17.1 Å². The predicted octanol–water partition coefficient (Wildman–Crippen LogP) is 2.80. The van der Waals surface area contributed by atoms with Gasteiger partial charge in [0.1, 0.15) is 0 Å². The number of hydrogen-bond acceptors (Lipinski definition) is 4. The molecule has 2 fully saturated rings. The van der Waals surface area contributed by atoms with E-state index in [-0.39, 0.29) is 5.92 Å². The number of hydrogen-bond donors (Lipinski definition) is 1. The van der Waals surface area contributed by atoms with E-state index in [9.17, 15) is 4.79 Å². The van der Waals surface area contributed by atoms with Gasteiger partial charge in [0.25, 0.3) is 0 Å². The van der Waals surface area contributed by atoms with Gasteiger partial charge in [-0.25, -0.2) is 4.98 Å². The number of piperidine rings is 2. The normalized spacial score (nSPS) is 29.5.